The lowest BCUT2D eigenvalue weighted by Crippen LogP contribution is -2.40. The van der Waals surface area contributed by atoms with Crippen molar-refractivity contribution in [2.45, 2.75) is 12.0 Å². The number of hydrogen-bond acceptors (Lipinski definition) is 3. The number of benzene rings is 2. The molecule has 1 unspecified atom stereocenters. The molecule has 2 N–H and O–H groups in total. The maximum absolute atomic E-state index is 14.1. The smallest absolute Gasteiger partial charge is 0.349 e. The van der Waals surface area contributed by atoms with E-state index in [9.17, 15) is 23.1 Å². The monoisotopic (exact) mass is 339 g/mol. The maximum Gasteiger partial charge on any atom is 0.349 e. The molecule has 0 aliphatic rings. The van der Waals surface area contributed by atoms with Gasteiger partial charge in [0.05, 0.1) is 13.2 Å². The van der Waals surface area contributed by atoms with Crippen molar-refractivity contribution in [2.75, 3.05) is 13.7 Å². The Bertz CT molecular complexity index is 687. The van der Waals surface area contributed by atoms with Gasteiger partial charge in [0, 0.05) is 12.1 Å². The highest BCUT2D eigenvalue weighted by Gasteiger charge is 2.40. The summed E-state index contributed by atoms with van der Waals surface area (Å²) < 4.78 is 45.9. The van der Waals surface area contributed by atoms with Gasteiger partial charge >= 0.3 is 5.92 Å². The van der Waals surface area contributed by atoms with Gasteiger partial charge in [0.15, 0.2) is 0 Å². The molecule has 1 atom stereocenters. The minimum atomic E-state index is -3.76. The molecular weight excluding hydrogens is 323 g/mol. The molecule has 0 saturated carbocycles. The Balaban J connectivity index is 2.00. The van der Waals surface area contributed by atoms with Gasteiger partial charge in [-0.15, -0.1) is 0 Å². The van der Waals surface area contributed by atoms with E-state index in [1.165, 1.54) is 31.4 Å². The standard InChI is InChI=1S/C17H16F3NO3/c1-24-14-8-4-12(5-9-14)17(19,20)16(23)21-10-15(22)11-2-6-13(18)7-3-11/h2-9,15,22H,10H2,1H3,(H,21,23). The number of aliphatic hydroxyl groups excluding tert-OH is 1. The molecule has 2 rings (SSSR count). The summed E-state index contributed by atoms with van der Waals surface area (Å²) in [5, 5.41) is 11.9. The first-order valence-corrected chi connectivity index (χ1v) is 7.08. The van der Waals surface area contributed by atoms with Crippen molar-refractivity contribution in [3.05, 3.63) is 65.5 Å². The first-order chi connectivity index (χ1) is 11.3. The lowest BCUT2D eigenvalue weighted by atomic mass is 10.1. The highest BCUT2D eigenvalue weighted by atomic mass is 19.3. The van der Waals surface area contributed by atoms with Gasteiger partial charge in [-0.1, -0.05) is 12.1 Å². The number of rotatable bonds is 6. The van der Waals surface area contributed by atoms with Crippen LogP contribution in [-0.2, 0) is 10.7 Å². The number of amides is 1. The SMILES string of the molecule is COc1ccc(C(F)(F)C(=O)NCC(O)c2ccc(F)cc2)cc1. The molecule has 0 aliphatic carbocycles. The van der Waals surface area contributed by atoms with E-state index in [1.54, 1.807) is 0 Å². The van der Waals surface area contributed by atoms with Crippen LogP contribution in [0.4, 0.5) is 13.2 Å². The third-order valence-corrected chi connectivity index (χ3v) is 3.45. The minimum Gasteiger partial charge on any atom is -0.497 e. The second-order valence-corrected chi connectivity index (χ2v) is 5.08. The van der Waals surface area contributed by atoms with Crippen LogP contribution in [0.25, 0.3) is 0 Å². The summed E-state index contributed by atoms with van der Waals surface area (Å²) in [7, 11) is 1.40. The van der Waals surface area contributed by atoms with Crippen LogP contribution in [0.3, 0.4) is 0 Å². The van der Waals surface area contributed by atoms with Crippen molar-refractivity contribution < 1.29 is 27.8 Å². The molecule has 0 radical (unpaired) electrons. The Morgan fingerprint density at radius 2 is 1.75 bits per heavy atom. The van der Waals surface area contributed by atoms with Crippen LogP contribution in [-0.4, -0.2) is 24.7 Å². The molecule has 2 aromatic carbocycles. The second-order valence-electron chi connectivity index (χ2n) is 5.08. The van der Waals surface area contributed by atoms with Gasteiger partial charge < -0.3 is 15.2 Å². The third-order valence-electron chi connectivity index (χ3n) is 3.45. The van der Waals surface area contributed by atoms with Crippen molar-refractivity contribution in [3.63, 3.8) is 0 Å². The number of hydrogen-bond donors (Lipinski definition) is 2. The number of aliphatic hydroxyl groups is 1. The molecule has 7 heteroatoms. The lowest BCUT2D eigenvalue weighted by molar-refractivity contribution is -0.147. The summed E-state index contributed by atoms with van der Waals surface area (Å²) in [4.78, 5) is 11.7. The highest BCUT2D eigenvalue weighted by Crippen LogP contribution is 2.29. The summed E-state index contributed by atoms with van der Waals surface area (Å²) in [6.07, 6.45) is -1.22. The minimum absolute atomic E-state index is 0.310. The van der Waals surface area contributed by atoms with E-state index in [1.807, 2.05) is 5.32 Å². The summed E-state index contributed by atoms with van der Waals surface area (Å²) >= 11 is 0. The van der Waals surface area contributed by atoms with E-state index in [-0.39, 0.29) is 0 Å². The van der Waals surface area contributed by atoms with Gasteiger partial charge in [-0.25, -0.2) is 4.39 Å². The fourth-order valence-corrected chi connectivity index (χ4v) is 2.03. The number of carbonyl (C=O) groups excluding carboxylic acids is 1. The molecule has 24 heavy (non-hydrogen) atoms. The zero-order valence-electron chi connectivity index (χ0n) is 12.8. The van der Waals surface area contributed by atoms with E-state index >= 15 is 0 Å². The summed E-state index contributed by atoms with van der Waals surface area (Å²) in [5.74, 6) is -5.38. The number of alkyl halides is 2. The van der Waals surface area contributed by atoms with Crippen LogP contribution in [0.15, 0.2) is 48.5 Å². The van der Waals surface area contributed by atoms with Crippen molar-refractivity contribution in [1.82, 2.24) is 5.32 Å². The Labute approximate surface area is 136 Å². The molecule has 1 amide bonds. The van der Waals surface area contributed by atoms with Crippen molar-refractivity contribution >= 4 is 5.91 Å². The molecule has 0 heterocycles. The third kappa shape index (κ3) is 4.05. The predicted octanol–water partition coefficient (Wildman–Crippen LogP) is 2.78. The van der Waals surface area contributed by atoms with Crippen LogP contribution in [0.1, 0.15) is 17.2 Å². The predicted molar refractivity (Wildman–Crippen MR) is 81.3 cm³/mol. The van der Waals surface area contributed by atoms with E-state index in [2.05, 4.69) is 0 Å². The van der Waals surface area contributed by atoms with Gasteiger partial charge in [0.25, 0.3) is 5.91 Å². The lowest BCUT2D eigenvalue weighted by Gasteiger charge is -2.18. The highest BCUT2D eigenvalue weighted by molar-refractivity contribution is 5.84. The molecule has 0 aromatic heterocycles. The Hall–Kier alpha value is -2.54. The molecule has 0 spiro atoms. The van der Waals surface area contributed by atoms with E-state index < -0.39 is 35.9 Å². The Kier molecular flexibility index (Phi) is 5.46. The fraction of sp³-hybridized carbons (Fsp3) is 0.235. The topological polar surface area (TPSA) is 58.6 Å². The molecule has 128 valence electrons. The first kappa shape index (κ1) is 17.8. The van der Waals surface area contributed by atoms with E-state index in [0.717, 1.165) is 24.3 Å². The summed E-state index contributed by atoms with van der Waals surface area (Å²) in [6.45, 7) is -0.420. The molecular formula is C17H16F3NO3. The van der Waals surface area contributed by atoms with Gasteiger partial charge in [-0.05, 0) is 42.0 Å². The Morgan fingerprint density at radius 3 is 2.29 bits per heavy atom. The van der Waals surface area contributed by atoms with E-state index in [4.69, 9.17) is 4.74 Å². The second kappa shape index (κ2) is 7.35. The average molecular weight is 339 g/mol. The Morgan fingerprint density at radius 1 is 1.17 bits per heavy atom. The summed E-state index contributed by atoms with van der Waals surface area (Å²) in [5.41, 5.74) is -0.179. The maximum atomic E-state index is 14.1. The van der Waals surface area contributed by atoms with Crippen LogP contribution in [0.5, 0.6) is 5.75 Å². The quantitative estimate of drug-likeness (QED) is 0.851. The van der Waals surface area contributed by atoms with Crippen molar-refractivity contribution in [2.24, 2.45) is 0 Å². The van der Waals surface area contributed by atoms with Crippen LogP contribution in [0, 0.1) is 5.82 Å². The van der Waals surface area contributed by atoms with Crippen LogP contribution >= 0.6 is 0 Å². The number of ether oxygens (including phenoxy) is 1. The van der Waals surface area contributed by atoms with Gasteiger partial charge in [-0.3, -0.25) is 4.79 Å². The number of halogens is 3. The first-order valence-electron chi connectivity index (χ1n) is 7.08. The molecule has 0 fully saturated rings. The zero-order chi connectivity index (χ0) is 17.7. The number of carbonyl (C=O) groups is 1. The largest absolute Gasteiger partial charge is 0.497 e. The van der Waals surface area contributed by atoms with Gasteiger partial charge in [0.2, 0.25) is 0 Å². The normalized spacial score (nSPS) is 12.5. The number of nitrogens with one attached hydrogen (secondary N) is 1. The molecule has 0 saturated heterocycles. The number of methoxy groups -OCH3 is 1. The fourth-order valence-electron chi connectivity index (χ4n) is 2.03. The zero-order valence-corrected chi connectivity index (χ0v) is 12.8. The van der Waals surface area contributed by atoms with Gasteiger partial charge in [-0.2, -0.15) is 8.78 Å². The molecule has 0 bridgehead atoms. The van der Waals surface area contributed by atoms with Crippen molar-refractivity contribution in [1.29, 1.82) is 0 Å². The van der Waals surface area contributed by atoms with Crippen LogP contribution in [0.2, 0.25) is 0 Å². The molecule has 2 aromatic rings. The van der Waals surface area contributed by atoms with Gasteiger partial charge in [0.1, 0.15) is 11.6 Å². The van der Waals surface area contributed by atoms with Crippen molar-refractivity contribution in [3.8, 4) is 5.75 Å². The molecule has 4 nitrogen and oxygen atoms in total. The average Bonchev–Trinajstić information content (AvgIpc) is 2.59. The summed E-state index contributed by atoms with van der Waals surface area (Å²) in [6, 6.07) is 9.72. The van der Waals surface area contributed by atoms with Crippen LogP contribution < -0.4 is 10.1 Å². The molecule has 0 aliphatic heterocycles. The van der Waals surface area contributed by atoms with E-state index in [0.29, 0.717) is 11.3 Å².